The molecule has 3 rings (SSSR count). The van der Waals surface area contributed by atoms with Gasteiger partial charge in [-0.2, -0.15) is 10.4 Å². The molecule has 2 fully saturated rings. The van der Waals surface area contributed by atoms with Gasteiger partial charge in [0.2, 0.25) is 0 Å². The molecule has 0 aromatic carbocycles. The summed E-state index contributed by atoms with van der Waals surface area (Å²) < 4.78 is 1.74. The van der Waals surface area contributed by atoms with Crippen LogP contribution in [0.2, 0.25) is 0 Å². The quantitative estimate of drug-likeness (QED) is 0.661. The largest absolute Gasteiger partial charge is 0.309 e. The zero-order valence-electron chi connectivity index (χ0n) is 13.1. The number of aromatic nitrogens is 2. The van der Waals surface area contributed by atoms with Crippen molar-refractivity contribution in [1.29, 1.82) is 5.26 Å². The van der Waals surface area contributed by atoms with E-state index in [0.29, 0.717) is 18.8 Å². The number of amides is 1. The molecule has 1 heterocycles. The van der Waals surface area contributed by atoms with Crippen LogP contribution in [0.4, 0.5) is 5.82 Å². The summed E-state index contributed by atoms with van der Waals surface area (Å²) in [6, 6.07) is 1.99. The van der Waals surface area contributed by atoms with Crippen LogP contribution in [0, 0.1) is 11.5 Å². The van der Waals surface area contributed by atoms with Gasteiger partial charge in [-0.25, -0.2) is 0 Å². The third kappa shape index (κ3) is 2.68. The van der Waals surface area contributed by atoms with Crippen molar-refractivity contribution >= 4 is 11.7 Å². The summed E-state index contributed by atoms with van der Waals surface area (Å²) in [6.07, 6.45) is 10.5. The van der Waals surface area contributed by atoms with Crippen LogP contribution in [-0.4, -0.2) is 21.2 Å². The smallest absolute Gasteiger partial charge is 0.251 e. The van der Waals surface area contributed by atoms with Crippen LogP contribution in [0.15, 0.2) is 6.07 Å². The lowest BCUT2D eigenvalue weighted by molar-refractivity contribution is -0.125. The topological polar surface area (TPSA) is 82.7 Å². The molecule has 2 saturated carbocycles. The Hall–Kier alpha value is -2.03. The van der Waals surface area contributed by atoms with E-state index >= 15 is 0 Å². The molecule has 0 spiro atoms. The van der Waals surface area contributed by atoms with Gasteiger partial charge in [-0.05, 0) is 32.1 Å². The second kappa shape index (κ2) is 5.99. The fourth-order valence-corrected chi connectivity index (χ4v) is 3.49. The van der Waals surface area contributed by atoms with E-state index in [0.717, 1.165) is 17.9 Å². The minimum Gasteiger partial charge on any atom is -0.309 e. The number of hydrogen-bond donors (Lipinski definition) is 2. The predicted octanol–water partition coefficient (Wildman–Crippen LogP) is 2.40. The second-order valence-electron chi connectivity index (χ2n) is 6.54. The maximum absolute atomic E-state index is 12.5. The van der Waals surface area contributed by atoms with Gasteiger partial charge in [-0.1, -0.05) is 19.3 Å². The fraction of sp³-hybridized carbons (Fsp3) is 0.688. The van der Waals surface area contributed by atoms with Crippen molar-refractivity contribution in [1.82, 2.24) is 15.1 Å². The van der Waals surface area contributed by atoms with E-state index in [1.165, 1.54) is 32.1 Å². The van der Waals surface area contributed by atoms with Crippen LogP contribution < -0.4 is 10.6 Å². The molecule has 2 aliphatic rings. The van der Waals surface area contributed by atoms with Gasteiger partial charge in [-0.15, -0.1) is 0 Å². The van der Waals surface area contributed by atoms with Gasteiger partial charge < -0.3 is 10.6 Å². The number of rotatable bonds is 4. The first-order chi connectivity index (χ1) is 10.6. The predicted molar refractivity (Wildman–Crippen MR) is 83.0 cm³/mol. The molecule has 0 unspecified atom stereocenters. The number of carbonyl (C=O) groups excluding carboxylic acids is 1. The first-order valence-corrected chi connectivity index (χ1v) is 8.16. The minimum atomic E-state index is -0.718. The molecule has 0 atom stereocenters. The summed E-state index contributed by atoms with van der Waals surface area (Å²) >= 11 is 0. The van der Waals surface area contributed by atoms with E-state index in [2.05, 4.69) is 15.7 Å². The molecule has 6 nitrogen and oxygen atoms in total. The monoisotopic (exact) mass is 301 g/mol. The van der Waals surface area contributed by atoms with E-state index in [4.69, 9.17) is 5.26 Å². The molecular formula is C16H23N5O. The molecule has 22 heavy (non-hydrogen) atoms. The summed E-state index contributed by atoms with van der Waals surface area (Å²) in [5.74, 6) is 1.11. The number of nitrogens with one attached hydrogen (secondary N) is 2. The van der Waals surface area contributed by atoms with E-state index in [1.807, 2.05) is 19.3 Å². The second-order valence-corrected chi connectivity index (χ2v) is 6.54. The standard InChI is InChI=1S/C16H23N5O/c1-21-14(10-13(20-21)12-6-3-2-4-7-12)19-15(22)16(18-11-17)8-5-9-16/h10,12,18H,2-9H2,1H3,(H,19,22). The summed E-state index contributed by atoms with van der Waals surface area (Å²) in [5, 5.41) is 19.0. The number of hydrogen-bond acceptors (Lipinski definition) is 4. The van der Waals surface area contributed by atoms with Crippen molar-refractivity contribution in [3.05, 3.63) is 11.8 Å². The van der Waals surface area contributed by atoms with Crippen molar-refractivity contribution in [2.75, 3.05) is 5.32 Å². The average molecular weight is 301 g/mol. The lowest BCUT2D eigenvalue weighted by atomic mass is 9.76. The Morgan fingerprint density at radius 3 is 2.68 bits per heavy atom. The Labute approximate surface area is 130 Å². The Balaban J connectivity index is 1.71. The first kappa shape index (κ1) is 14.9. The molecule has 2 aliphatic carbocycles. The maximum Gasteiger partial charge on any atom is 0.251 e. The van der Waals surface area contributed by atoms with Gasteiger partial charge in [0.05, 0.1) is 5.69 Å². The molecule has 0 bridgehead atoms. The number of carbonyl (C=O) groups is 1. The number of aryl methyl sites for hydroxylation is 1. The molecule has 1 aromatic heterocycles. The summed E-state index contributed by atoms with van der Waals surface area (Å²) in [7, 11) is 1.85. The third-order valence-electron chi connectivity index (χ3n) is 5.10. The lowest BCUT2D eigenvalue weighted by Crippen LogP contribution is -2.57. The third-order valence-corrected chi connectivity index (χ3v) is 5.10. The number of anilines is 1. The Morgan fingerprint density at radius 2 is 2.09 bits per heavy atom. The SMILES string of the molecule is Cn1nc(C2CCCCC2)cc1NC(=O)C1(NC#N)CCC1. The van der Waals surface area contributed by atoms with Gasteiger partial charge in [0.15, 0.2) is 6.19 Å². The van der Waals surface area contributed by atoms with Crippen LogP contribution in [0.5, 0.6) is 0 Å². The molecule has 118 valence electrons. The van der Waals surface area contributed by atoms with Crippen LogP contribution in [-0.2, 0) is 11.8 Å². The van der Waals surface area contributed by atoms with E-state index in [9.17, 15) is 4.79 Å². The van der Waals surface area contributed by atoms with E-state index < -0.39 is 5.54 Å². The lowest BCUT2D eigenvalue weighted by Gasteiger charge is -2.38. The van der Waals surface area contributed by atoms with Crippen molar-refractivity contribution in [3.63, 3.8) is 0 Å². The summed E-state index contributed by atoms with van der Waals surface area (Å²) in [6.45, 7) is 0. The normalized spacial score (nSPS) is 20.7. The van der Waals surface area contributed by atoms with Crippen LogP contribution in [0.3, 0.4) is 0 Å². The van der Waals surface area contributed by atoms with Crippen molar-refractivity contribution in [2.45, 2.75) is 62.8 Å². The van der Waals surface area contributed by atoms with Gasteiger partial charge in [-0.3, -0.25) is 9.48 Å². The van der Waals surface area contributed by atoms with E-state index in [1.54, 1.807) is 4.68 Å². The van der Waals surface area contributed by atoms with Crippen molar-refractivity contribution < 1.29 is 4.79 Å². The summed E-state index contributed by atoms with van der Waals surface area (Å²) in [4.78, 5) is 12.5. The zero-order valence-corrected chi connectivity index (χ0v) is 13.1. The van der Waals surface area contributed by atoms with Crippen LogP contribution in [0.25, 0.3) is 0 Å². The molecule has 2 N–H and O–H groups in total. The van der Waals surface area contributed by atoms with Gasteiger partial charge in [0.1, 0.15) is 11.4 Å². The van der Waals surface area contributed by atoms with E-state index in [-0.39, 0.29) is 5.91 Å². The van der Waals surface area contributed by atoms with Gasteiger partial charge in [0, 0.05) is 19.0 Å². The Kier molecular flexibility index (Phi) is 4.06. The highest BCUT2D eigenvalue weighted by atomic mass is 16.2. The molecule has 6 heteroatoms. The summed E-state index contributed by atoms with van der Waals surface area (Å²) in [5.41, 5.74) is 0.359. The number of nitriles is 1. The molecule has 0 saturated heterocycles. The van der Waals surface area contributed by atoms with Crippen molar-refractivity contribution in [2.24, 2.45) is 7.05 Å². The van der Waals surface area contributed by atoms with Gasteiger partial charge >= 0.3 is 0 Å². The van der Waals surface area contributed by atoms with Crippen LogP contribution in [0.1, 0.15) is 63.0 Å². The average Bonchev–Trinajstić information content (AvgIpc) is 2.85. The maximum atomic E-state index is 12.5. The molecular weight excluding hydrogens is 278 g/mol. The number of nitrogens with zero attached hydrogens (tertiary/aromatic N) is 3. The molecule has 0 aliphatic heterocycles. The Morgan fingerprint density at radius 1 is 1.36 bits per heavy atom. The molecule has 1 aromatic rings. The van der Waals surface area contributed by atoms with Gasteiger partial charge in [0.25, 0.3) is 5.91 Å². The highest BCUT2D eigenvalue weighted by Gasteiger charge is 2.44. The molecule has 0 radical (unpaired) electrons. The fourth-order valence-electron chi connectivity index (χ4n) is 3.49. The first-order valence-electron chi connectivity index (χ1n) is 8.16. The van der Waals surface area contributed by atoms with Crippen LogP contribution >= 0.6 is 0 Å². The Bertz CT molecular complexity index is 590. The highest BCUT2D eigenvalue weighted by Crippen LogP contribution is 2.35. The highest BCUT2D eigenvalue weighted by molar-refractivity contribution is 5.98. The zero-order chi connectivity index (χ0) is 15.6. The molecule has 1 amide bonds. The minimum absolute atomic E-state index is 0.126. The van der Waals surface area contributed by atoms with Crippen molar-refractivity contribution in [3.8, 4) is 6.19 Å².